The molecular formula is C25H40N6O4. The number of hydrogen-bond donors (Lipinski definition) is 1. The average molecular weight is 489 g/mol. The summed E-state index contributed by atoms with van der Waals surface area (Å²) in [7, 11) is 3.87. The van der Waals surface area contributed by atoms with Crippen LogP contribution in [0.5, 0.6) is 6.01 Å². The van der Waals surface area contributed by atoms with Gasteiger partial charge in [-0.3, -0.25) is 9.80 Å². The first-order valence-electron chi connectivity index (χ1n) is 12.9. The SMILES string of the molecule is CO[C@@H]1C[C@@H](COc2nc3c(c(N4C[C@H]5CC[C@@H](C4)N5C(=O)OC(C)(C)C)n2)CCNC3)N(C)C1. The molecule has 10 heteroatoms. The van der Waals surface area contributed by atoms with Crippen molar-refractivity contribution in [3.05, 3.63) is 11.3 Å². The van der Waals surface area contributed by atoms with Gasteiger partial charge in [0, 0.05) is 44.9 Å². The number of nitrogens with zero attached hydrogens (tertiary/aromatic N) is 5. The Morgan fingerprint density at radius 1 is 1.14 bits per heavy atom. The Balaban J connectivity index is 1.33. The summed E-state index contributed by atoms with van der Waals surface area (Å²) in [4.78, 5) is 29.2. The zero-order valence-corrected chi connectivity index (χ0v) is 21.7. The Morgan fingerprint density at radius 3 is 2.54 bits per heavy atom. The Bertz CT molecular complexity index is 923. The van der Waals surface area contributed by atoms with Crippen molar-refractivity contribution in [2.45, 2.75) is 82.8 Å². The molecule has 5 rings (SSSR count). The molecule has 1 aromatic heterocycles. The number of amides is 1. The Hall–Kier alpha value is -2.17. The number of piperazine rings is 1. The molecule has 1 amide bonds. The quantitative estimate of drug-likeness (QED) is 0.666. The number of methoxy groups -OCH3 is 1. The van der Waals surface area contributed by atoms with Crippen LogP contribution in [0, 0.1) is 0 Å². The Labute approximate surface area is 208 Å². The molecule has 4 aliphatic rings. The van der Waals surface area contributed by atoms with Crippen molar-refractivity contribution in [3.8, 4) is 6.01 Å². The van der Waals surface area contributed by atoms with Gasteiger partial charge >= 0.3 is 12.1 Å². The standard InChI is InChI=1S/C25H40N6O4/c1-25(2,3)35-24(32)31-16-6-7-17(31)13-30(12-16)22-20-8-9-26-11-21(20)27-23(28-22)34-15-18-10-19(33-5)14-29(18)4/h16-19,26H,6-15H2,1-5H3/t16-,17+,18-,19+/m0/s1. The molecule has 0 saturated carbocycles. The smallest absolute Gasteiger partial charge is 0.410 e. The number of carbonyl (C=O) groups excluding carboxylic acids is 1. The highest BCUT2D eigenvalue weighted by molar-refractivity contribution is 5.70. The number of hydrogen-bond acceptors (Lipinski definition) is 9. The summed E-state index contributed by atoms with van der Waals surface area (Å²) in [6, 6.07) is 1.00. The summed E-state index contributed by atoms with van der Waals surface area (Å²) < 4.78 is 17.4. The fourth-order valence-electron chi connectivity index (χ4n) is 5.90. The van der Waals surface area contributed by atoms with E-state index in [0.29, 0.717) is 12.6 Å². The Kier molecular flexibility index (Phi) is 6.80. The number of carbonyl (C=O) groups is 1. The van der Waals surface area contributed by atoms with Gasteiger partial charge < -0.3 is 24.4 Å². The van der Waals surface area contributed by atoms with Crippen LogP contribution in [0.3, 0.4) is 0 Å². The molecule has 0 radical (unpaired) electrons. The lowest BCUT2D eigenvalue weighted by Crippen LogP contribution is -2.57. The van der Waals surface area contributed by atoms with Gasteiger partial charge in [-0.05, 0) is 60.0 Å². The topological polar surface area (TPSA) is 92.3 Å². The molecule has 1 N–H and O–H groups in total. The summed E-state index contributed by atoms with van der Waals surface area (Å²) >= 11 is 0. The maximum Gasteiger partial charge on any atom is 0.410 e. The number of rotatable bonds is 5. The molecule has 4 aliphatic heterocycles. The third-order valence-electron chi connectivity index (χ3n) is 7.67. The predicted molar refractivity (Wildman–Crippen MR) is 132 cm³/mol. The fourth-order valence-corrected chi connectivity index (χ4v) is 5.90. The number of aromatic nitrogens is 2. The van der Waals surface area contributed by atoms with Crippen molar-refractivity contribution in [3.63, 3.8) is 0 Å². The summed E-state index contributed by atoms with van der Waals surface area (Å²) in [6.07, 6.45) is 3.88. The van der Waals surface area contributed by atoms with Gasteiger partial charge in [-0.15, -0.1) is 0 Å². The number of likely N-dealkylation sites (N-methyl/N-ethyl adjacent to an activating group) is 1. The second-order valence-corrected chi connectivity index (χ2v) is 11.4. The van der Waals surface area contributed by atoms with Gasteiger partial charge in [0.2, 0.25) is 0 Å². The van der Waals surface area contributed by atoms with Crippen LogP contribution in [0.4, 0.5) is 10.6 Å². The molecule has 5 heterocycles. The first-order chi connectivity index (χ1) is 16.7. The lowest BCUT2D eigenvalue weighted by Gasteiger charge is -2.42. The summed E-state index contributed by atoms with van der Waals surface area (Å²) in [6.45, 7) is 10.4. The van der Waals surface area contributed by atoms with Gasteiger partial charge in [0.1, 0.15) is 18.0 Å². The molecular weight excluding hydrogens is 448 g/mol. The lowest BCUT2D eigenvalue weighted by molar-refractivity contribution is 0.0122. The van der Waals surface area contributed by atoms with Crippen LogP contribution in [-0.2, 0) is 22.4 Å². The zero-order valence-electron chi connectivity index (χ0n) is 21.7. The third kappa shape index (κ3) is 5.20. The predicted octanol–water partition coefficient (Wildman–Crippen LogP) is 1.81. The minimum Gasteiger partial charge on any atom is -0.462 e. The van der Waals surface area contributed by atoms with Gasteiger partial charge in [0.25, 0.3) is 0 Å². The van der Waals surface area contributed by atoms with E-state index >= 15 is 0 Å². The second-order valence-electron chi connectivity index (χ2n) is 11.4. The van der Waals surface area contributed by atoms with Crippen LogP contribution in [-0.4, -0.2) is 103 Å². The largest absolute Gasteiger partial charge is 0.462 e. The van der Waals surface area contributed by atoms with E-state index in [1.807, 2.05) is 25.7 Å². The molecule has 194 valence electrons. The minimum absolute atomic E-state index is 0.137. The van der Waals surface area contributed by atoms with Crippen molar-refractivity contribution < 1.29 is 19.0 Å². The molecule has 4 atom stereocenters. The molecule has 3 saturated heterocycles. The van der Waals surface area contributed by atoms with Crippen molar-refractivity contribution in [1.82, 2.24) is 25.1 Å². The van der Waals surface area contributed by atoms with Crippen LogP contribution in [0.25, 0.3) is 0 Å². The van der Waals surface area contributed by atoms with E-state index in [4.69, 9.17) is 24.2 Å². The van der Waals surface area contributed by atoms with Gasteiger partial charge in [-0.25, -0.2) is 4.79 Å². The highest BCUT2D eigenvalue weighted by Gasteiger charge is 2.45. The highest BCUT2D eigenvalue weighted by atomic mass is 16.6. The molecule has 1 aromatic rings. The molecule has 0 unspecified atom stereocenters. The van der Waals surface area contributed by atoms with E-state index in [0.717, 1.165) is 69.9 Å². The number of anilines is 1. The van der Waals surface area contributed by atoms with Crippen LogP contribution in [0.2, 0.25) is 0 Å². The molecule has 35 heavy (non-hydrogen) atoms. The van der Waals surface area contributed by atoms with Crippen molar-refractivity contribution in [2.75, 3.05) is 51.8 Å². The Morgan fingerprint density at radius 2 is 1.89 bits per heavy atom. The third-order valence-corrected chi connectivity index (χ3v) is 7.67. The fraction of sp³-hybridized carbons (Fsp3) is 0.800. The lowest BCUT2D eigenvalue weighted by atomic mass is 10.1. The average Bonchev–Trinajstić information content (AvgIpc) is 3.31. The number of likely N-dealkylation sites (tertiary alicyclic amines) is 1. The van der Waals surface area contributed by atoms with Crippen LogP contribution < -0.4 is 15.0 Å². The van der Waals surface area contributed by atoms with Crippen molar-refractivity contribution in [2.24, 2.45) is 0 Å². The summed E-state index contributed by atoms with van der Waals surface area (Å²) in [5.41, 5.74) is 1.74. The normalized spacial score (nSPS) is 28.8. The highest BCUT2D eigenvalue weighted by Crippen LogP contribution is 2.36. The maximum absolute atomic E-state index is 12.9. The van der Waals surface area contributed by atoms with Crippen molar-refractivity contribution >= 4 is 11.9 Å². The number of fused-ring (bicyclic) bond motifs is 3. The first-order valence-corrected chi connectivity index (χ1v) is 12.9. The van der Waals surface area contributed by atoms with Crippen LogP contribution in [0.15, 0.2) is 0 Å². The van der Waals surface area contributed by atoms with E-state index in [9.17, 15) is 4.79 Å². The summed E-state index contributed by atoms with van der Waals surface area (Å²) in [5.74, 6) is 0.974. The molecule has 2 bridgehead atoms. The second kappa shape index (κ2) is 9.71. The zero-order chi connectivity index (χ0) is 24.7. The minimum atomic E-state index is -0.491. The van der Waals surface area contributed by atoms with Gasteiger partial charge in [0.05, 0.1) is 23.9 Å². The van der Waals surface area contributed by atoms with E-state index in [-0.39, 0.29) is 30.3 Å². The number of nitrogens with one attached hydrogen (secondary N) is 1. The van der Waals surface area contributed by atoms with E-state index < -0.39 is 5.60 Å². The van der Waals surface area contributed by atoms with E-state index in [2.05, 4.69) is 22.2 Å². The molecule has 10 nitrogen and oxygen atoms in total. The van der Waals surface area contributed by atoms with E-state index in [1.54, 1.807) is 7.11 Å². The van der Waals surface area contributed by atoms with Crippen molar-refractivity contribution in [1.29, 1.82) is 0 Å². The first kappa shape index (κ1) is 24.5. The summed E-state index contributed by atoms with van der Waals surface area (Å²) in [5, 5.41) is 3.43. The molecule has 0 spiro atoms. The monoisotopic (exact) mass is 488 g/mol. The molecule has 0 aromatic carbocycles. The molecule has 0 aliphatic carbocycles. The maximum atomic E-state index is 12.9. The van der Waals surface area contributed by atoms with Gasteiger partial charge in [0.15, 0.2) is 0 Å². The van der Waals surface area contributed by atoms with Gasteiger partial charge in [-0.2, -0.15) is 9.97 Å². The molecule has 3 fully saturated rings. The van der Waals surface area contributed by atoms with E-state index in [1.165, 1.54) is 5.56 Å². The number of ether oxygens (including phenoxy) is 3. The van der Waals surface area contributed by atoms with Crippen LogP contribution in [0.1, 0.15) is 51.3 Å². The van der Waals surface area contributed by atoms with Gasteiger partial charge in [-0.1, -0.05) is 0 Å². The van der Waals surface area contributed by atoms with Crippen LogP contribution >= 0.6 is 0 Å².